The van der Waals surface area contributed by atoms with Gasteiger partial charge in [-0.05, 0) is 13.0 Å². The Morgan fingerprint density at radius 3 is 2.92 bits per heavy atom. The number of esters is 1. The summed E-state index contributed by atoms with van der Waals surface area (Å²) in [5, 5.41) is 16.6. The average molecular weight is 353 g/mol. The first-order valence-electron chi connectivity index (χ1n) is 7.80. The van der Waals surface area contributed by atoms with Crippen LogP contribution < -0.4 is 0 Å². The van der Waals surface area contributed by atoms with Crippen LogP contribution in [0.2, 0.25) is 0 Å². The Morgan fingerprint density at radius 2 is 2.19 bits per heavy atom. The first kappa shape index (κ1) is 15.9. The zero-order valence-corrected chi connectivity index (χ0v) is 14.4. The molecule has 0 aliphatic carbocycles. The van der Waals surface area contributed by atoms with E-state index in [0.717, 1.165) is 17.0 Å². The summed E-state index contributed by atoms with van der Waals surface area (Å²) < 4.78 is 13.6. The van der Waals surface area contributed by atoms with Crippen LogP contribution in [0.1, 0.15) is 11.6 Å². The Kier molecular flexibility index (Phi) is 3.72. The molecule has 0 aliphatic heterocycles. The molecular formula is C16H15N7O3. The third kappa shape index (κ3) is 2.61. The van der Waals surface area contributed by atoms with Gasteiger partial charge in [-0.3, -0.25) is 9.48 Å². The van der Waals surface area contributed by atoms with Gasteiger partial charge in [0.05, 0.1) is 19.0 Å². The van der Waals surface area contributed by atoms with Gasteiger partial charge in [-0.2, -0.15) is 10.2 Å². The summed E-state index contributed by atoms with van der Waals surface area (Å²) in [7, 11) is 3.18. The van der Waals surface area contributed by atoms with Crippen LogP contribution in [0.25, 0.3) is 28.5 Å². The van der Waals surface area contributed by atoms with Crippen LogP contribution in [0.15, 0.2) is 28.9 Å². The van der Waals surface area contributed by atoms with Crippen molar-refractivity contribution in [2.75, 3.05) is 7.11 Å². The number of rotatable bonds is 4. The molecule has 10 nitrogen and oxygen atoms in total. The van der Waals surface area contributed by atoms with E-state index in [1.54, 1.807) is 27.7 Å². The molecule has 4 rings (SSSR count). The fourth-order valence-corrected chi connectivity index (χ4v) is 2.58. The van der Waals surface area contributed by atoms with E-state index >= 15 is 0 Å². The molecule has 4 aromatic heterocycles. The van der Waals surface area contributed by atoms with Gasteiger partial charge < -0.3 is 9.15 Å². The van der Waals surface area contributed by atoms with Crippen LogP contribution >= 0.6 is 0 Å². The molecule has 26 heavy (non-hydrogen) atoms. The predicted molar refractivity (Wildman–Crippen MR) is 88.9 cm³/mol. The Morgan fingerprint density at radius 1 is 1.35 bits per heavy atom. The maximum atomic E-state index is 11.3. The highest BCUT2D eigenvalue weighted by molar-refractivity contribution is 5.71. The molecule has 0 aromatic carbocycles. The number of carbonyl (C=O) groups is 1. The first-order chi connectivity index (χ1) is 12.6. The Bertz CT molecular complexity index is 1110. The summed E-state index contributed by atoms with van der Waals surface area (Å²) in [5.74, 6) is -0.0744. The van der Waals surface area contributed by atoms with Gasteiger partial charge in [0.25, 0.3) is 5.89 Å². The van der Waals surface area contributed by atoms with E-state index in [2.05, 4.69) is 30.1 Å². The van der Waals surface area contributed by atoms with Crippen molar-refractivity contribution >= 4 is 11.6 Å². The highest BCUT2D eigenvalue weighted by Crippen LogP contribution is 2.25. The number of hydrogen-bond donors (Lipinski definition) is 0. The molecule has 0 saturated heterocycles. The van der Waals surface area contributed by atoms with E-state index in [-0.39, 0.29) is 18.2 Å². The summed E-state index contributed by atoms with van der Waals surface area (Å²) in [4.78, 5) is 15.6. The van der Waals surface area contributed by atoms with Crippen molar-refractivity contribution in [1.29, 1.82) is 0 Å². The minimum Gasteiger partial charge on any atom is -0.469 e. The molecule has 0 unspecified atom stereocenters. The number of fused-ring (bicyclic) bond motifs is 1. The second-order valence-electron chi connectivity index (χ2n) is 5.65. The third-order valence-electron chi connectivity index (χ3n) is 4.08. The highest BCUT2D eigenvalue weighted by atomic mass is 16.5. The van der Waals surface area contributed by atoms with E-state index in [1.807, 2.05) is 20.0 Å². The molecule has 0 atom stereocenters. The SMILES string of the molecule is COC(=O)Cc1nnc(-c2cc3nccc(-c4cnn(C)c4C)n3n2)o1. The van der Waals surface area contributed by atoms with Crippen LogP contribution in [-0.4, -0.2) is 47.7 Å². The van der Waals surface area contributed by atoms with Crippen molar-refractivity contribution in [1.82, 2.24) is 34.6 Å². The summed E-state index contributed by atoms with van der Waals surface area (Å²) >= 11 is 0. The van der Waals surface area contributed by atoms with Crippen LogP contribution in [0.5, 0.6) is 0 Å². The third-order valence-corrected chi connectivity index (χ3v) is 4.08. The van der Waals surface area contributed by atoms with Gasteiger partial charge in [0, 0.05) is 30.6 Å². The van der Waals surface area contributed by atoms with Crippen molar-refractivity contribution in [3.05, 3.63) is 36.1 Å². The van der Waals surface area contributed by atoms with E-state index in [1.165, 1.54) is 7.11 Å². The van der Waals surface area contributed by atoms with Gasteiger partial charge in [0.15, 0.2) is 11.3 Å². The number of aromatic nitrogens is 7. The Balaban J connectivity index is 1.76. The van der Waals surface area contributed by atoms with Crippen molar-refractivity contribution in [3.63, 3.8) is 0 Å². The standard InChI is InChI=1S/C16H15N7O3/c1-9-10(8-18-22(9)2)12-4-5-17-13-6-11(21-23(12)13)16-20-19-14(26-16)7-15(24)25-3/h4-6,8H,7H2,1-3H3. The molecule has 0 amide bonds. The molecule has 0 N–H and O–H groups in total. The molecule has 0 aliphatic rings. The molecule has 4 heterocycles. The lowest BCUT2D eigenvalue weighted by Gasteiger charge is -2.03. The van der Waals surface area contributed by atoms with Crippen molar-refractivity contribution in [3.8, 4) is 22.8 Å². The zero-order valence-electron chi connectivity index (χ0n) is 14.4. The van der Waals surface area contributed by atoms with Gasteiger partial charge in [0.1, 0.15) is 6.42 Å². The highest BCUT2D eigenvalue weighted by Gasteiger charge is 2.18. The molecule has 4 aromatic rings. The lowest BCUT2D eigenvalue weighted by atomic mass is 10.2. The van der Waals surface area contributed by atoms with Crippen molar-refractivity contribution < 1.29 is 13.9 Å². The number of hydrogen-bond acceptors (Lipinski definition) is 8. The van der Waals surface area contributed by atoms with Gasteiger partial charge in [-0.1, -0.05) is 0 Å². The smallest absolute Gasteiger partial charge is 0.315 e. The first-order valence-corrected chi connectivity index (χ1v) is 7.80. The minimum absolute atomic E-state index is 0.0880. The maximum absolute atomic E-state index is 11.3. The lowest BCUT2D eigenvalue weighted by Crippen LogP contribution is -2.04. The molecule has 0 bridgehead atoms. The van der Waals surface area contributed by atoms with E-state index in [0.29, 0.717) is 11.3 Å². The van der Waals surface area contributed by atoms with E-state index < -0.39 is 5.97 Å². The number of ether oxygens (including phenoxy) is 1. The number of carbonyl (C=O) groups excluding carboxylic acids is 1. The second-order valence-corrected chi connectivity index (χ2v) is 5.65. The molecule has 0 saturated carbocycles. The van der Waals surface area contributed by atoms with Crippen molar-refractivity contribution in [2.45, 2.75) is 13.3 Å². The topological polar surface area (TPSA) is 113 Å². The zero-order chi connectivity index (χ0) is 18.3. The second kappa shape index (κ2) is 6.06. The quantitative estimate of drug-likeness (QED) is 0.503. The van der Waals surface area contributed by atoms with E-state index in [9.17, 15) is 4.79 Å². The van der Waals surface area contributed by atoms with Crippen LogP contribution in [0.3, 0.4) is 0 Å². The van der Waals surface area contributed by atoms with Crippen molar-refractivity contribution in [2.24, 2.45) is 7.05 Å². The maximum Gasteiger partial charge on any atom is 0.315 e. The minimum atomic E-state index is -0.453. The lowest BCUT2D eigenvalue weighted by molar-refractivity contribution is -0.140. The molecule has 0 spiro atoms. The fraction of sp³-hybridized carbons (Fsp3) is 0.250. The summed E-state index contributed by atoms with van der Waals surface area (Å²) in [6, 6.07) is 3.61. The Hall–Kier alpha value is -3.56. The summed E-state index contributed by atoms with van der Waals surface area (Å²) in [6.07, 6.45) is 3.40. The molecule has 0 radical (unpaired) electrons. The van der Waals surface area contributed by atoms with Crippen LogP contribution in [0.4, 0.5) is 0 Å². The molecular weight excluding hydrogens is 338 g/mol. The van der Waals surface area contributed by atoms with E-state index in [4.69, 9.17) is 4.42 Å². The average Bonchev–Trinajstić information content (AvgIpc) is 3.34. The van der Waals surface area contributed by atoms with Crippen LogP contribution in [-0.2, 0) is 23.0 Å². The van der Waals surface area contributed by atoms with Gasteiger partial charge >= 0.3 is 5.97 Å². The molecule has 10 heteroatoms. The predicted octanol–water partition coefficient (Wildman–Crippen LogP) is 1.20. The van der Waals surface area contributed by atoms with Gasteiger partial charge in [0.2, 0.25) is 5.89 Å². The fourth-order valence-electron chi connectivity index (χ4n) is 2.58. The number of nitrogens with zero attached hydrogens (tertiary/aromatic N) is 7. The number of aryl methyl sites for hydroxylation is 1. The molecule has 132 valence electrons. The van der Waals surface area contributed by atoms with Gasteiger partial charge in [-0.25, -0.2) is 9.50 Å². The Labute approximate surface area is 147 Å². The largest absolute Gasteiger partial charge is 0.469 e. The monoisotopic (exact) mass is 353 g/mol. The van der Waals surface area contributed by atoms with Gasteiger partial charge in [-0.15, -0.1) is 10.2 Å². The molecule has 0 fully saturated rings. The summed E-state index contributed by atoms with van der Waals surface area (Å²) in [6.45, 7) is 1.98. The number of methoxy groups -OCH3 is 1. The summed E-state index contributed by atoms with van der Waals surface area (Å²) in [5.41, 5.74) is 3.91. The van der Waals surface area contributed by atoms with Crippen LogP contribution in [0, 0.1) is 6.92 Å². The normalized spacial score (nSPS) is 11.2.